The molecular weight excluding hydrogens is 370 g/mol. The van der Waals surface area contributed by atoms with Crippen molar-refractivity contribution in [3.63, 3.8) is 0 Å². The summed E-state index contributed by atoms with van der Waals surface area (Å²) in [5.74, 6) is 0.155. The van der Waals surface area contributed by atoms with Gasteiger partial charge in [0.05, 0.1) is 53.4 Å². The first-order valence-corrected chi connectivity index (χ1v) is 10.7. The number of thiazole rings is 1. The molecule has 2 amide bonds. The standard InChI is InChI=1S/C22H21N3O2S/c26-21-16-7-1-2-8-17(16)22(27)25(21)13-12-24-11-5-6-15(14-24)20-23-18-9-3-4-10-19(18)28-20/h1-4,7-10,15H,5-6,11-14H2/p+1/t15-/m0/s1. The highest BCUT2D eigenvalue weighted by Gasteiger charge is 2.36. The van der Waals surface area contributed by atoms with Crippen LogP contribution in [0.25, 0.3) is 10.2 Å². The Morgan fingerprint density at radius 3 is 2.50 bits per heavy atom. The first-order chi connectivity index (χ1) is 13.7. The monoisotopic (exact) mass is 392 g/mol. The van der Waals surface area contributed by atoms with Crippen LogP contribution in [0.1, 0.15) is 44.5 Å². The summed E-state index contributed by atoms with van der Waals surface area (Å²) in [6.45, 7) is 3.38. The lowest BCUT2D eigenvalue weighted by Crippen LogP contribution is -3.14. The molecule has 0 radical (unpaired) electrons. The number of nitrogens with zero attached hydrogens (tertiary/aromatic N) is 2. The van der Waals surface area contributed by atoms with Crippen LogP contribution in [0.15, 0.2) is 48.5 Å². The number of amides is 2. The van der Waals surface area contributed by atoms with Gasteiger partial charge in [-0.3, -0.25) is 14.5 Å². The van der Waals surface area contributed by atoms with E-state index in [1.54, 1.807) is 23.5 Å². The molecule has 0 spiro atoms. The number of nitrogens with one attached hydrogen (secondary N) is 1. The number of imide groups is 1. The highest BCUT2D eigenvalue weighted by Crippen LogP contribution is 2.30. The summed E-state index contributed by atoms with van der Waals surface area (Å²) in [6.07, 6.45) is 2.31. The van der Waals surface area contributed by atoms with Crippen LogP contribution in [0.3, 0.4) is 0 Å². The SMILES string of the molecule is O=C1c2ccccc2C(=O)N1CC[NH+]1CCC[C@H](c2nc3ccccc3s2)C1. The van der Waals surface area contributed by atoms with Crippen LogP contribution in [0.5, 0.6) is 0 Å². The maximum atomic E-state index is 12.6. The highest BCUT2D eigenvalue weighted by molar-refractivity contribution is 7.18. The van der Waals surface area contributed by atoms with E-state index in [1.165, 1.54) is 19.5 Å². The Hall–Kier alpha value is -2.57. The van der Waals surface area contributed by atoms with Gasteiger partial charge in [-0.05, 0) is 37.1 Å². The number of hydrogen-bond donors (Lipinski definition) is 1. The average Bonchev–Trinajstić information content (AvgIpc) is 3.27. The van der Waals surface area contributed by atoms with Crippen molar-refractivity contribution in [1.29, 1.82) is 0 Å². The van der Waals surface area contributed by atoms with Crippen LogP contribution in [0, 0.1) is 0 Å². The zero-order valence-electron chi connectivity index (χ0n) is 15.6. The predicted molar refractivity (Wildman–Crippen MR) is 109 cm³/mol. The lowest BCUT2D eigenvalue weighted by molar-refractivity contribution is -0.905. The van der Waals surface area contributed by atoms with E-state index in [-0.39, 0.29) is 11.8 Å². The third kappa shape index (κ3) is 3.02. The van der Waals surface area contributed by atoms with Gasteiger partial charge < -0.3 is 4.90 Å². The fraction of sp³-hybridized carbons (Fsp3) is 0.318. The van der Waals surface area contributed by atoms with E-state index >= 15 is 0 Å². The van der Waals surface area contributed by atoms with Crippen molar-refractivity contribution >= 4 is 33.4 Å². The minimum absolute atomic E-state index is 0.153. The third-order valence-corrected chi connectivity index (χ3v) is 7.04. The van der Waals surface area contributed by atoms with Crippen LogP contribution in [-0.2, 0) is 0 Å². The van der Waals surface area contributed by atoms with Crippen LogP contribution in [0.2, 0.25) is 0 Å². The number of quaternary nitrogens is 1. The molecule has 1 aromatic heterocycles. The van der Waals surface area contributed by atoms with Gasteiger partial charge in [-0.1, -0.05) is 24.3 Å². The Kier molecular flexibility index (Phi) is 4.45. The molecule has 28 heavy (non-hydrogen) atoms. The van der Waals surface area contributed by atoms with Crippen molar-refractivity contribution in [1.82, 2.24) is 9.88 Å². The molecule has 0 aliphatic carbocycles. The quantitative estimate of drug-likeness (QED) is 0.694. The summed E-state index contributed by atoms with van der Waals surface area (Å²) >= 11 is 1.80. The largest absolute Gasteiger partial charge is 0.333 e. The van der Waals surface area contributed by atoms with Crippen molar-refractivity contribution in [2.45, 2.75) is 18.8 Å². The molecular formula is C22H22N3O2S+. The number of likely N-dealkylation sites (tertiary alicyclic amines) is 1. The average molecular weight is 393 g/mol. The Balaban J connectivity index is 1.25. The Labute approximate surface area is 167 Å². The maximum absolute atomic E-state index is 12.6. The van der Waals surface area contributed by atoms with Gasteiger partial charge in [0, 0.05) is 0 Å². The molecule has 2 atom stereocenters. The van der Waals surface area contributed by atoms with Crippen LogP contribution in [-0.4, -0.2) is 47.9 Å². The normalized spacial score (nSPS) is 22.1. The van der Waals surface area contributed by atoms with E-state index in [0.717, 1.165) is 38.0 Å². The number of carbonyl (C=O) groups excluding carboxylic acids is 2. The molecule has 5 nitrogen and oxygen atoms in total. The van der Waals surface area contributed by atoms with Crippen molar-refractivity contribution in [2.75, 3.05) is 26.2 Å². The van der Waals surface area contributed by atoms with Gasteiger partial charge in [-0.25, -0.2) is 4.98 Å². The summed E-state index contributed by atoms with van der Waals surface area (Å²) < 4.78 is 1.25. The van der Waals surface area contributed by atoms with Crippen LogP contribution in [0.4, 0.5) is 0 Å². The van der Waals surface area contributed by atoms with E-state index in [1.807, 2.05) is 18.2 Å². The third-order valence-electron chi connectivity index (χ3n) is 5.84. The minimum atomic E-state index is -0.153. The van der Waals surface area contributed by atoms with Gasteiger partial charge in [-0.15, -0.1) is 11.3 Å². The number of hydrogen-bond acceptors (Lipinski definition) is 4. The van der Waals surface area contributed by atoms with Gasteiger partial charge in [-0.2, -0.15) is 0 Å². The zero-order valence-corrected chi connectivity index (χ0v) is 16.4. The van der Waals surface area contributed by atoms with Crippen LogP contribution >= 0.6 is 11.3 Å². The molecule has 5 rings (SSSR count). The molecule has 6 heteroatoms. The smallest absolute Gasteiger partial charge is 0.261 e. The highest BCUT2D eigenvalue weighted by atomic mass is 32.1. The maximum Gasteiger partial charge on any atom is 0.261 e. The van der Waals surface area contributed by atoms with Crippen molar-refractivity contribution in [2.24, 2.45) is 0 Å². The lowest BCUT2D eigenvalue weighted by Gasteiger charge is -2.29. The van der Waals surface area contributed by atoms with E-state index < -0.39 is 0 Å². The van der Waals surface area contributed by atoms with Gasteiger partial charge in [0.1, 0.15) is 5.01 Å². The fourth-order valence-corrected chi connectivity index (χ4v) is 5.47. The number of fused-ring (bicyclic) bond motifs is 2. The summed E-state index contributed by atoms with van der Waals surface area (Å²) in [5, 5.41) is 1.22. The van der Waals surface area contributed by atoms with E-state index in [2.05, 4.69) is 18.2 Å². The molecule has 0 saturated carbocycles. The molecule has 2 aromatic carbocycles. The number of piperidine rings is 1. The molecule has 3 heterocycles. The predicted octanol–water partition coefficient (Wildman–Crippen LogP) is 2.35. The Morgan fingerprint density at radius 2 is 1.75 bits per heavy atom. The molecule has 1 fully saturated rings. The Morgan fingerprint density at radius 1 is 1.04 bits per heavy atom. The van der Waals surface area contributed by atoms with Crippen molar-refractivity contribution in [3.8, 4) is 0 Å². The fourth-order valence-electron chi connectivity index (χ4n) is 4.37. The molecule has 1 unspecified atom stereocenters. The topological polar surface area (TPSA) is 54.7 Å². The second kappa shape index (κ2) is 7.11. The Bertz CT molecular complexity index is 993. The van der Waals surface area contributed by atoms with Gasteiger partial charge >= 0.3 is 0 Å². The molecule has 0 bridgehead atoms. The number of benzene rings is 2. The summed E-state index contributed by atoms with van der Waals surface area (Å²) in [4.78, 5) is 32.8. The van der Waals surface area contributed by atoms with E-state index in [0.29, 0.717) is 23.6 Å². The van der Waals surface area contributed by atoms with Gasteiger partial charge in [0.25, 0.3) is 11.8 Å². The van der Waals surface area contributed by atoms with E-state index in [9.17, 15) is 9.59 Å². The zero-order chi connectivity index (χ0) is 19.1. The number of rotatable bonds is 4. The molecule has 2 aliphatic heterocycles. The molecule has 2 aliphatic rings. The van der Waals surface area contributed by atoms with Crippen molar-refractivity contribution < 1.29 is 14.5 Å². The first kappa shape index (κ1) is 17.5. The second-order valence-corrected chi connectivity index (χ2v) is 8.68. The molecule has 142 valence electrons. The first-order valence-electron chi connectivity index (χ1n) is 9.85. The van der Waals surface area contributed by atoms with Gasteiger partial charge in [0.15, 0.2) is 0 Å². The summed E-state index contributed by atoms with van der Waals surface area (Å²) in [5.41, 5.74) is 2.16. The van der Waals surface area contributed by atoms with Crippen molar-refractivity contribution in [3.05, 3.63) is 64.7 Å². The minimum Gasteiger partial charge on any atom is -0.333 e. The number of carbonyl (C=O) groups is 2. The number of aromatic nitrogens is 1. The van der Waals surface area contributed by atoms with E-state index in [4.69, 9.17) is 4.98 Å². The second-order valence-electron chi connectivity index (χ2n) is 7.62. The molecule has 1 N–H and O–H groups in total. The molecule has 1 saturated heterocycles. The van der Waals surface area contributed by atoms with Crippen LogP contribution < -0.4 is 4.90 Å². The van der Waals surface area contributed by atoms with Gasteiger partial charge in [0.2, 0.25) is 0 Å². The summed E-state index contributed by atoms with van der Waals surface area (Å²) in [7, 11) is 0. The molecule has 3 aromatic rings. The lowest BCUT2D eigenvalue weighted by atomic mass is 9.99. The summed E-state index contributed by atoms with van der Waals surface area (Å²) in [6, 6.07) is 15.4. The number of para-hydroxylation sites is 1.